The molecular weight excluding hydrogens is 176 g/mol. The van der Waals surface area contributed by atoms with Crippen molar-refractivity contribution in [2.45, 2.75) is 13.5 Å². The maximum Gasteiger partial charge on any atom is 0.219 e. The van der Waals surface area contributed by atoms with Gasteiger partial charge in [0.15, 0.2) is 0 Å². The van der Waals surface area contributed by atoms with Crippen LogP contribution in [0.4, 0.5) is 5.13 Å². The molecule has 6 heteroatoms. The third kappa shape index (κ3) is 2.16. The number of hydrogen-bond acceptors (Lipinski definition) is 5. The highest BCUT2D eigenvalue weighted by Crippen LogP contribution is 2.12. The summed E-state index contributed by atoms with van der Waals surface area (Å²) in [5.41, 5.74) is 5.37. The number of carbonyl (C=O) groups excluding carboxylic acids is 1. The molecule has 0 unspecified atom stereocenters. The van der Waals surface area contributed by atoms with Crippen molar-refractivity contribution in [3.63, 3.8) is 0 Å². The summed E-state index contributed by atoms with van der Waals surface area (Å²) in [4.78, 5) is 12.4. The van der Waals surface area contributed by atoms with Crippen LogP contribution in [0.15, 0.2) is 0 Å². The number of anilines is 1. The Bertz CT molecular complexity index is 285. The topological polar surface area (TPSA) is 72.1 Å². The summed E-state index contributed by atoms with van der Waals surface area (Å²) in [6.07, 6.45) is 0. The van der Waals surface area contributed by atoms with Crippen molar-refractivity contribution < 1.29 is 4.79 Å². The highest BCUT2D eigenvalue weighted by molar-refractivity contribution is 7.15. The highest BCUT2D eigenvalue weighted by atomic mass is 32.1. The minimum absolute atomic E-state index is 0.00349. The van der Waals surface area contributed by atoms with Crippen molar-refractivity contribution >= 4 is 22.4 Å². The number of carbonyl (C=O) groups is 1. The van der Waals surface area contributed by atoms with Crippen LogP contribution >= 0.6 is 11.3 Å². The van der Waals surface area contributed by atoms with Crippen LogP contribution in [0.1, 0.15) is 11.9 Å². The van der Waals surface area contributed by atoms with Crippen LogP contribution in [0.5, 0.6) is 0 Å². The first-order valence-corrected chi connectivity index (χ1v) is 4.21. The maximum absolute atomic E-state index is 10.8. The molecule has 5 nitrogen and oxygen atoms in total. The second-order valence-electron chi connectivity index (χ2n) is 2.41. The van der Waals surface area contributed by atoms with E-state index in [0.717, 1.165) is 5.01 Å². The minimum atomic E-state index is 0.00349. The zero-order valence-electron chi connectivity index (χ0n) is 6.94. The van der Waals surface area contributed by atoms with Crippen LogP contribution in [-0.2, 0) is 11.3 Å². The van der Waals surface area contributed by atoms with Gasteiger partial charge in [-0.1, -0.05) is 11.3 Å². The van der Waals surface area contributed by atoms with Crippen LogP contribution in [0.2, 0.25) is 0 Å². The second kappa shape index (κ2) is 3.48. The summed E-state index contributed by atoms with van der Waals surface area (Å²) in [6, 6.07) is 0. The Labute approximate surface area is 74.2 Å². The Kier molecular flexibility index (Phi) is 2.59. The van der Waals surface area contributed by atoms with Gasteiger partial charge in [-0.15, -0.1) is 10.2 Å². The molecule has 0 aliphatic rings. The normalized spacial score (nSPS) is 9.83. The molecule has 0 aromatic carbocycles. The van der Waals surface area contributed by atoms with Gasteiger partial charge >= 0.3 is 0 Å². The van der Waals surface area contributed by atoms with Crippen LogP contribution in [-0.4, -0.2) is 28.1 Å². The lowest BCUT2D eigenvalue weighted by Gasteiger charge is -2.11. The van der Waals surface area contributed by atoms with E-state index in [1.165, 1.54) is 18.3 Å². The van der Waals surface area contributed by atoms with Crippen molar-refractivity contribution in [1.29, 1.82) is 0 Å². The van der Waals surface area contributed by atoms with Crippen LogP contribution in [0.25, 0.3) is 0 Å². The molecule has 1 amide bonds. The molecular formula is C6H10N4OS. The molecule has 1 rings (SSSR count). The summed E-state index contributed by atoms with van der Waals surface area (Å²) < 4.78 is 0. The first-order chi connectivity index (χ1) is 5.59. The van der Waals surface area contributed by atoms with Crippen molar-refractivity contribution in [3.05, 3.63) is 5.01 Å². The third-order valence-electron chi connectivity index (χ3n) is 1.39. The Balaban J connectivity index is 2.58. The fourth-order valence-electron chi connectivity index (χ4n) is 0.645. The predicted octanol–water partition coefficient (Wildman–Crippen LogP) is 0.0986. The molecule has 66 valence electrons. The van der Waals surface area contributed by atoms with E-state index in [-0.39, 0.29) is 5.91 Å². The van der Waals surface area contributed by atoms with E-state index < -0.39 is 0 Å². The Morgan fingerprint density at radius 2 is 2.33 bits per heavy atom. The third-order valence-corrected chi connectivity index (χ3v) is 2.13. The number of rotatable bonds is 2. The van der Waals surface area contributed by atoms with Gasteiger partial charge in [-0.25, -0.2) is 0 Å². The summed E-state index contributed by atoms with van der Waals surface area (Å²) in [7, 11) is 1.71. The predicted molar refractivity (Wildman–Crippen MR) is 46.5 cm³/mol. The van der Waals surface area contributed by atoms with E-state index in [0.29, 0.717) is 11.7 Å². The van der Waals surface area contributed by atoms with Crippen molar-refractivity contribution in [3.8, 4) is 0 Å². The average molecular weight is 186 g/mol. The van der Waals surface area contributed by atoms with Gasteiger partial charge in [0.2, 0.25) is 11.0 Å². The molecule has 2 N–H and O–H groups in total. The molecule has 0 bridgehead atoms. The van der Waals surface area contributed by atoms with Gasteiger partial charge < -0.3 is 10.6 Å². The van der Waals surface area contributed by atoms with Gasteiger partial charge in [-0.05, 0) is 0 Å². The zero-order chi connectivity index (χ0) is 9.14. The smallest absolute Gasteiger partial charge is 0.219 e. The summed E-state index contributed by atoms with van der Waals surface area (Å²) in [6.45, 7) is 1.98. The largest absolute Gasteiger partial charge is 0.374 e. The van der Waals surface area contributed by atoms with E-state index >= 15 is 0 Å². The van der Waals surface area contributed by atoms with E-state index in [4.69, 9.17) is 5.73 Å². The lowest BCUT2D eigenvalue weighted by Crippen LogP contribution is -2.22. The number of amides is 1. The van der Waals surface area contributed by atoms with E-state index in [2.05, 4.69) is 10.2 Å². The molecule has 1 heterocycles. The molecule has 0 atom stereocenters. The molecule has 0 saturated heterocycles. The monoisotopic (exact) mass is 186 g/mol. The molecule has 1 aromatic heterocycles. The van der Waals surface area contributed by atoms with Gasteiger partial charge in [0.25, 0.3) is 0 Å². The second-order valence-corrected chi connectivity index (χ2v) is 3.50. The van der Waals surface area contributed by atoms with Gasteiger partial charge in [-0.3, -0.25) is 4.79 Å². The number of nitrogen functional groups attached to an aromatic ring is 1. The van der Waals surface area contributed by atoms with Gasteiger partial charge in [0, 0.05) is 14.0 Å². The molecule has 12 heavy (non-hydrogen) atoms. The highest BCUT2D eigenvalue weighted by Gasteiger charge is 2.06. The Morgan fingerprint density at radius 1 is 1.67 bits per heavy atom. The maximum atomic E-state index is 10.8. The quantitative estimate of drug-likeness (QED) is 0.711. The molecule has 0 spiro atoms. The Hall–Kier alpha value is -1.17. The lowest BCUT2D eigenvalue weighted by atomic mass is 10.5. The molecule has 0 aliphatic carbocycles. The fraction of sp³-hybridized carbons (Fsp3) is 0.500. The van der Waals surface area contributed by atoms with Gasteiger partial charge in [0.1, 0.15) is 5.01 Å². The zero-order valence-corrected chi connectivity index (χ0v) is 7.76. The van der Waals surface area contributed by atoms with Gasteiger partial charge in [0.05, 0.1) is 6.54 Å². The minimum Gasteiger partial charge on any atom is -0.374 e. The standard InChI is InChI=1S/C6H10N4OS/c1-4(11)10(2)3-5-8-9-6(7)12-5/h3H2,1-2H3,(H2,7,9). The number of hydrogen-bond donors (Lipinski definition) is 1. The van der Waals surface area contributed by atoms with Gasteiger partial charge in [-0.2, -0.15) is 0 Å². The molecule has 0 aliphatic heterocycles. The van der Waals surface area contributed by atoms with E-state index in [1.54, 1.807) is 11.9 Å². The number of aromatic nitrogens is 2. The first kappa shape index (κ1) is 8.92. The average Bonchev–Trinajstić information content (AvgIpc) is 2.35. The number of nitrogens with two attached hydrogens (primary N) is 1. The van der Waals surface area contributed by atoms with Crippen molar-refractivity contribution in [1.82, 2.24) is 15.1 Å². The molecule has 0 saturated carbocycles. The Morgan fingerprint density at radius 3 is 2.75 bits per heavy atom. The first-order valence-electron chi connectivity index (χ1n) is 3.39. The number of nitrogens with zero attached hydrogens (tertiary/aromatic N) is 3. The molecule has 0 radical (unpaired) electrons. The summed E-state index contributed by atoms with van der Waals surface area (Å²) in [5, 5.41) is 8.61. The fourth-order valence-corrected chi connectivity index (χ4v) is 1.31. The van der Waals surface area contributed by atoms with E-state index in [1.807, 2.05) is 0 Å². The molecule has 1 aromatic rings. The van der Waals surface area contributed by atoms with Crippen molar-refractivity contribution in [2.75, 3.05) is 12.8 Å². The van der Waals surface area contributed by atoms with Crippen LogP contribution in [0.3, 0.4) is 0 Å². The van der Waals surface area contributed by atoms with Crippen molar-refractivity contribution in [2.24, 2.45) is 0 Å². The SMILES string of the molecule is CC(=O)N(C)Cc1nnc(N)s1. The summed E-state index contributed by atoms with van der Waals surface area (Å²) >= 11 is 1.30. The molecule has 0 fully saturated rings. The lowest BCUT2D eigenvalue weighted by molar-refractivity contribution is -0.128. The van der Waals surface area contributed by atoms with E-state index in [9.17, 15) is 4.79 Å². The van der Waals surface area contributed by atoms with Crippen LogP contribution in [0, 0.1) is 0 Å². The van der Waals surface area contributed by atoms with Crippen LogP contribution < -0.4 is 5.73 Å². The summed E-state index contributed by atoms with van der Waals surface area (Å²) in [5.74, 6) is 0.00349.